The largest absolute Gasteiger partial charge is 0.368 e. The first-order chi connectivity index (χ1) is 16.2. The lowest BCUT2D eigenvalue weighted by Crippen LogP contribution is -2.59. The number of hydrogen-bond donors (Lipinski definition) is 1. The third kappa shape index (κ3) is 6.38. The highest BCUT2D eigenvalue weighted by molar-refractivity contribution is 5.16. The summed E-state index contributed by atoms with van der Waals surface area (Å²) in [6.07, 6.45) is -1.87. The number of aliphatic hydroxyl groups excluding tert-OH is 1. The van der Waals surface area contributed by atoms with Gasteiger partial charge in [-0.05, 0) is 16.7 Å². The molecular formula is C28H30O5. The van der Waals surface area contributed by atoms with Crippen LogP contribution in [0.5, 0.6) is 0 Å². The van der Waals surface area contributed by atoms with E-state index in [0.717, 1.165) is 16.7 Å². The summed E-state index contributed by atoms with van der Waals surface area (Å²) in [5, 5.41) is 10.8. The van der Waals surface area contributed by atoms with Crippen molar-refractivity contribution in [2.24, 2.45) is 0 Å². The van der Waals surface area contributed by atoms with Crippen LogP contribution in [0.4, 0.5) is 0 Å². The number of aliphatic hydroxyl groups is 1. The molecule has 4 rings (SSSR count). The van der Waals surface area contributed by atoms with E-state index in [0.29, 0.717) is 19.8 Å². The molecule has 0 amide bonds. The Kier molecular flexibility index (Phi) is 8.41. The molecule has 1 aliphatic rings. The van der Waals surface area contributed by atoms with E-state index in [1.807, 2.05) is 91.0 Å². The van der Waals surface area contributed by atoms with Crippen molar-refractivity contribution in [2.75, 3.05) is 0 Å². The van der Waals surface area contributed by atoms with Gasteiger partial charge in [-0.3, -0.25) is 0 Å². The minimum Gasteiger partial charge on any atom is -0.368 e. The van der Waals surface area contributed by atoms with Crippen LogP contribution in [0, 0.1) is 0 Å². The SMILES string of the molecule is C=C[C@H]1OC(O)[C@H](OCc2ccccc2)[C@@H](OCc2ccccc2)[C@@H]1OCc1ccccc1. The predicted octanol–water partition coefficient (Wildman–Crippen LogP) is 4.65. The zero-order valence-corrected chi connectivity index (χ0v) is 18.5. The monoisotopic (exact) mass is 446 g/mol. The van der Waals surface area contributed by atoms with Crippen LogP contribution in [0.1, 0.15) is 16.7 Å². The first-order valence-corrected chi connectivity index (χ1v) is 11.2. The van der Waals surface area contributed by atoms with Crippen molar-refractivity contribution in [3.63, 3.8) is 0 Å². The zero-order valence-electron chi connectivity index (χ0n) is 18.5. The van der Waals surface area contributed by atoms with E-state index in [4.69, 9.17) is 18.9 Å². The molecule has 0 aromatic heterocycles. The summed E-state index contributed by atoms with van der Waals surface area (Å²) >= 11 is 0. The molecular weight excluding hydrogens is 416 g/mol. The number of benzene rings is 3. The van der Waals surface area contributed by atoms with Crippen molar-refractivity contribution in [1.82, 2.24) is 0 Å². The standard InChI is InChI=1S/C28H30O5/c1-2-24-25(30-18-21-12-6-3-7-13-21)26(31-19-22-14-8-4-9-15-22)27(28(29)33-24)32-20-23-16-10-5-11-17-23/h2-17,24-29H,1,18-20H2/t24-,25-,26+,27-,28?/m1/s1. The molecule has 5 atom stereocenters. The average molecular weight is 447 g/mol. The molecule has 0 aliphatic carbocycles. The van der Waals surface area contributed by atoms with Crippen molar-refractivity contribution in [2.45, 2.75) is 50.5 Å². The minimum absolute atomic E-state index is 0.321. The molecule has 1 saturated heterocycles. The van der Waals surface area contributed by atoms with Crippen LogP contribution in [0.2, 0.25) is 0 Å². The number of ether oxygens (including phenoxy) is 4. The molecule has 1 fully saturated rings. The van der Waals surface area contributed by atoms with Crippen molar-refractivity contribution in [1.29, 1.82) is 0 Å². The second-order valence-corrected chi connectivity index (χ2v) is 8.01. The Bertz CT molecular complexity index is 963. The molecule has 5 nitrogen and oxygen atoms in total. The van der Waals surface area contributed by atoms with Gasteiger partial charge in [-0.2, -0.15) is 0 Å². The van der Waals surface area contributed by atoms with Crippen molar-refractivity contribution in [3.05, 3.63) is 120 Å². The van der Waals surface area contributed by atoms with E-state index in [-0.39, 0.29) is 0 Å². The van der Waals surface area contributed by atoms with Gasteiger partial charge in [0, 0.05) is 0 Å². The summed E-state index contributed by atoms with van der Waals surface area (Å²) in [5.41, 5.74) is 3.06. The van der Waals surface area contributed by atoms with Gasteiger partial charge in [-0.25, -0.2) is 0 Å². The topological polar surface area (TPSA) is 57.2 Å². The maximum Gasteiger partial charge on any atom is 0.184 e. The fourth-order valence-electron chi connectivity index (χ4n) is 3.90. The maximum atomic E-state index is 10.8. The van der Waals surface area contributed by atoms with Crippen LogP contribution >= 0.6 is 0 Å². The molecule has 3 aromatic rings. The molecule has 172 valence electrons. The van der Waals surface area contributed by atoms with Gasteiger partial charge in [0.1, 0.15) is 24.4 Å². The van der Waals surface area contributed by atoms with E-state index in [9.17, 15) is 5.11 Å². The Hall–Kier alpha value is -2.80. The van der Waals surface area contributed by atoms with Crippen LogP contribution in [-0.2, 0) is 38.8 Å². The van der Waals surface area contributed by atoms with E-state index in [1.54, 1.807) is 6.08 Å². The van der Waals surface area contributed by atoms with Gasteiger partial charge in [-0.15, -0.1) is 6.58 Å². The van der Waals surface area contributed by atoms with Crippen LogP contribution in [-0.4, -0.2) is 35.8 Å². The van der Waals surface area contributed by atoms with Gasteiger partial charge >= 0.3 is 0 Å². The van der Waals surface area contributed by atoms with E-state index >= 15 is 0 Å². The Morgan fingerprint density at radius 1 is 0.636 bits per heavy atom. The summed E-state index contributed by atoms with van der Waals surface area (Å²) in [7, 11) is 0. The molecule has 0 spiro atoms. The fourth-order valence-corrected chi connectivity index (χ4v) is 3.90. The van der Waals surface area contributed by atoms with Gasteiger partial charge in [0.25, 0.3) is 0 Å². The molecule has 0 saturated carbocycles. The molecule has 0 bridgehead atoms. The summed E-state index contributed by atoms with van der Waals surface area (Å²) < 4.78 is 24.6. The highest BCUT2D eigenvalue weighted by Crippen LogP contribution is 2.30. The normalized spacial score (nSPS) is 24.9. The van der Waals surface area contributed by atoms with Gasteiger partial charge in [0.15, 0.2) is 6.29 Å². The van der Waals surface area contributed by atoms with Crippen LogP contribution in [0.25, 0.3) is 0 Å². The molecule has 1 aliphatic heterocycles. The molecule has 1 N–H and O–H groups in total. The fraction of sp³-hybridized carbons (Fsp3) is 0.286. The third-order valence-electron chi connectivity index (χ3n) is 5.64. The first kappa shape index (κ1) is 23.4. The summed E-state index contributed by atoms with van der Waals surface area (Å²) in [5.74, 6) is 0. The van der Waals surface area contributed by atoms with E-state index < -0.39 is 30.7 Å². The molecule has 33 heavy (non-hydrogen) atoms. The zero-order chi connectivity index (χ0) is 22.9. The maximum absolute atomic E-state index is 10.8. The highest BCUT2D eigenvalue weighted by Gasteiger charge is 2.46. The first-order valence-electron chi connectivity index (χ1n) is 11.2. The quantitative estimate of drug-likeness (QED) is 0.460. The van der Waals surface area contributed by atoms with Crippen molar-refractivity contribution in [3.8, 4) is 0 Å². The second-order valence-electron chi connectivity index (χ2n) is 8.01. The lowest BCUT2D eigenvalue weighted by Gasteiger charge is -2.43. The summed E-state index contributed by atoms with van der Waals surface area (Å²) in [4.78, 5) is 0. The van der Waals surface area contributed by atoms with Gasteiger partial charge in [-0.1, -0.05) is 97.1 Å². The van der Waals surface area contributed by atoms with Gasteiger partial charge in [0.2, 0.25) is 0 Å². The lowest BCUT2D eigenvalue weighted by atomic mass is 9.97. The number of rotatable bonds is 10. The average Bonchev–Trinajstić information content (AvgIpc) is 2.87. The number of hydrogen-bond acceptors (Lipinski definition) is 5. The Morgan fingerprint density at radius 3 is 1.45 bits per heavy atom. The smallest absolute Gasteiger partial charge is 0.184 e. The molecule has 1 unspecified atom stereocenters. The highest BCUT2D eigenvalue weighted by atomic mass is 16.7. The Morgan fingerprint density at radius 2 is 1.03 bits per heavy atom. The summed E-state index contributed by atoms with van der Waals surface area (Å²) in [6.45, 7) is 4.94. The van der Waals surface area contributed by atoms with E-state index in [2.05, 4.69) is 6.58 Å². The second kappa shape index (κ2) is 11.9. The van der Waals surface area contributed by atoms with Crippen LogP contribution in [0.3, 0.4) is 0 Å². The Labute approximate surface area is 195 Å². The lowest BCUT2D eigenvalue weighted by molar-refractivity contribution is -0.302. The summed E-state index contributed by atoms with van der Waals surface area (Å²) in [6, 6.07) is 29.6. The van der Waals surface area contributed by atoms with E-state index in [1.165, 1.54) is 0 Å². The van der Waals surface area contributed by atoms with Crippen molar-refractivity contribution < 1.29 is 24.1 Å². The van der Waals surface area contributed by atoms with Gasteiger partial charge in [0.05, 0.1) is 19.8 Å². The molecule has 3 aromatic carbocycles. The molecule has 5 heteroatoms. The van der Waals surface area contributed by atoms with Gasteiger partial charge < -0.3 is 24.1 Å². The Balaban J connectivity index is 1.54. The minimum atomic E-state index is -1.17. The van der Waals surface area contributed by atoms with Crippen molar-refractivity contribution >= 4 is 0 Å². The molecule has 1 heterocycles. The van der Waals surface area contributed by atoms with Crippen LogP contribution < -0.4 is 0 Å². The molecule has 0 radical (unpaired) electrons. The predicted molar refractivity (Wildman–Crippen MR) is 126 cm³/mol. The third-order valence-corrected chi connectivity index (χ3v) is 5.64. The van der Waals surface area contributed by atoms with Crippen LogP contribution in [0.15, 0.2) is 104 Å².